The van der Waals surface area contributed by atoms with Crippen molar-refractivity contribution in [1.82, 2.24) is 4.90 Å². The van der Waals surface area contributed by atoms with Gasteiger partial charge in [0.25, 0.3) is 11.7 Å². The Labute approximate surface area is 373 Å². The van der Waals surface area contributed by atoms with Crippen LogP contribution in [0.1, 0.15) is 112 Å². The molecule has 1 unspecified atom stereocenters. The Morgan fingerprint density at radius 2 is 1.57 bits per heavy atom. The molecule has 4 aliphatic heterocycles. The van der Waals surface area contributed by atoms with Crippen molar-refractivity contribution in [3.63, 3.8) is 0 Å². The van der Waals surface area contributed by atoms with Gasteiger partial charge in [-0.05, 0) is 101 Å². The Hall–Kier alpha value is -3.37. The van der Waals surface area contributed by atoms with Gasteiger partial charge in [0, 0.05) is 57.3 Å². The molecule has 4 heterocycles. The summed E-state index contributed by atoms with van der Waals surface area (Å²) in [5.41, 5.74) is 1.25. The first kappa shape index (κ1) is 50.6. The summed E-state index contributed by atoms with van der Waals surface area (Å²) in [5, 5.41) is 44.3. The number of rotatable bonds is 4. The number of hydrogen-bond acceptors (Lipinski definition) is 13. The molecule has 3 saturated heterocycles. The lowest BCUT2D eigenvalue weighted by molar-refractivity contribution is -0.266. The van der Waals surface area contributed by atoms with Crippen LogP contribution in [0.2, 0.25) is 0 Å². The summed E-state index contributed by atoms with van der Waals surface area (Å²) in [5.74, 6) is -8.82. The number of esters is 1. The standard InChI is InChI=1S/C49H73NO13/c1-27-13-10-9-11-14-28(2)40(60-7)25-34-18-16-32(6)49(59,63-34)46(56)47(57)50-20-12-15-35-36(23-33-17-19-37(51)39(53)24-33)41(62-48(58)42(35)50)26-38(52)29(3)22-31(5)44(55)45(61-8)43(54)30(4)21-27/h9-11,13-14,22,27,29-30,32-37,39-42,44-45,51,53,55,59H,12,15-21,23-26H2,1-8H3/b11-9+,13-10+,28-14+,31-22+/t27-,29-,30-,32-,33+,34+,35?,36+,37-,39-,40+,41+,42+,44-,45+,49-/m1/s1. The molecule has 1 amide bonds. The summed E-state index contributed by atoms with van der Waals surface area (Å²) < 4.78 is 23.7. The highest BCUT2D eigenvalue weighted by atomic mass is 16.6. The average Bonchev–Trinajstić information content (AvgIpc) is 3.25. The zero-order valence-electron chi connectivity index (χ0n) is 38.5. The molecule has 4 fully saturated rings. The number of hydrogen-bond donors (Lipinski definition) is 4. The molecule has 0 aromatic carbocycles. The topological polar surface area (TPSA) is 206 Å². The molecule has 1 saturated carbocycles. The molecule has 0 radical (unpaired) electrons. The van der Waals surface area contributed by atoms with Crippen LogP contribution in [0, 0.1) is 41.4 Å². The van der Waals surface area contributed by atoms with Crippen LogP contribution in [0.15, 0.2) is 47.6 Å². The van der Waals surface area contributed by atoms with E-state index in [1.54, 1.807) is 34.0 Å². The summed E-state index contributed by atoms with van der Waals surface area (Å²) in [6.07, 6.45) is 9.20. The molecule has 0 aromatic rings. The van der Waals surface area contributed by atoms with Crippen molar-refractivity contribution in [1.29, 1.82) is 0 Å². The van der Waals surface area contributed by atoms with Gasteiger partial charge in [0.05, 0.1) is 24.4 Å². The Morgan fingerprint density at radius 3 is 2.25 bits per heavy atom. The Bertz CT molecular complexity index is 1770. The largest absolute Gasteiger partial charge is 0.460 e. The average molecular weight is 884 g/mol. The van der Waals surface area contributed by atoms with Crippen molar-refractivity contribution in [2.45, 2.75) is 167 Å². The maximum absolute atomic E-state index is 14.4. The second-order valence-electron chi connectivity index (χ2n) is 19.3. The summed E-state index contributed by atoms with van der Waals surface area (Å²) in [6.45, 7) is 10.8. The Morgan fingerprint density at radius 1 is 0.841 bits per heavy atom. The van der Waals surface area contributed by atoms with Crippen LogP contribution < -0.4 is 0 Å². The molecule has 352 valence electrons. The van der Waals surface area contributed by atoms with Gasteiger partial charge in [0.2, 0.25) is 5.79 Å². The number of Topliss-reactive ketones (excluding diaryl/α,β-unsaturated/α-hetero) is 3. The number of carbonyl (C=O) groups excluding carboxylic acids is 5. The molecule has 6 bridgehead atoms. The molecule has 0 spiro atoms. The third kappa shape index (κ3) is 11.9. The first-order valence-electron chi connectivity index (χ1n) is 23.1. The van der Waals surface area contributed by atoms with Crippen molar-refractivity contribution in [3.05, 3.63) is 47.6 Å². The van der Waals surface area contributed by atoms with Crippen LogP contribution in [0.4, 0.5) is 0 Å². The molecular weight excluding hydrogens is 811 g/mol. The quantitative estimate of drug-likeness (QED) is 0.171. The second-order valence-corrected chi connectivity index (χ2v) is 19.3. The third-order valence-corrected chi connectivity index (χ3v) is 14.6. The van der Waals surface area contributed by atoms with Crippen LogP contribution in [-0.4, -0.2) is 130 Å². The normalized spacial score (nSPS) is 43.7. The summed E-state index contributed by atoms with van der Waals surface area (Å²) in [6, 6.07) is -1.16. The summed E-state index contributed by atoms with van der Waals surface area (Å²) in [4.78, 5) is 71.7. The Balaban J connectivity index is 1.50. The van der Waals surface area contributed by atoms with E-state index in [9.17, 15) is 44.4 Å². The number of aliphatic hydroxyl groups is 4. The number of aliphatic hydroxyl groups excluding tert-OH is 3. The number of piperidine rings is 1. The first-order valence-corrected chi connectivity index (χ1v) is 23.1. The van der Waals surface area contributed by atoms with E-state index >= 15 is 0 Å². The molecule has 1 aliphatic carbocycles. The van der Waals surface area contributed by atoms with Gasteiger partial charge in [-0.2, -0.15) is 0 Å². The van der Waals surface area contributed by atoms with Crippen LogP contribution in [0.5, 0.6) is 0 Å². The van der Waals surface area contributed by atoms with Gasteiger partial charge in [0.1, 0.15) is 30.1 Å². The SMILES string of the molecule is CO[C@H]1C[C@@H]2CC[C@@H](C)[C@@](O)(O2)C(=O)C(=O)N2CCCC3[C@H]2C(=O)O[C@@H](CC(=O)[C@H](C)/C=C(\C)[C@@H](O)[C@@H](OC)C(=O)[C@H](C)C[C@H](C)/C=C/C=C/C=C/1C)[C@H]3C[C@@H]1CC[C@@H](O)[C@H](O)C1. The number of allylic oxidation sites excluding steroid dienone is 6. The predicted octanol–water partition coefficient (Wildman–Crippen LogP) is 4.75. The van der Waals surface area contributed by atoms with Crippen LogP contribution in [0.25, 0.3) is 0 Å². The minimum Gasteiger partial charge on any atom is -0.460 e. The zero-order valence-corrected chi connectivity index (χ0v) is 38.5. The van der Waals surface area contributed by atoms with Crippen molar-refractivity contribution >= 4 is 29.2 Å². The van der Waals surface area contributed by atoms with E-state index < -0.39 is 102 Å². The Kier molecular flexibility index (Phi) is 17.8. The van der Waals surface area contributed by atoms with E-state index in [4.69, 9.17) is 18.9 Å². The van der Waals surface area contributed by atoms with E-state index in [2.05, 4.69) is 0 Å². The monoisotopic (exact) mass is 884 g/mol. The van der Waals surface area contributed by atoms with Gasteiger partial charge < -0.3 is 44.3 Å². The molecule has 5 rings (SSSR count). The van der Waals surface area contributed by atoms with Gasteiger partial charge in [-0.3, -0.25) is 19.2 Å². The number of ketones is 3. The number of carbonyl (C=O) groups is 5. The van der Waals surface area contributed by atoms with Gasteiger partial charge in [-0.25, -0.2) is 4.79 Å². The zero-order chi connectivity index (χ0) is 46.3. The molecule has 16 atom stereocenters. The van der Waals surface area contributed by atoms with E-state index in [0.717, 1.165) is 5.57 Å². The van der Waals surface area contributed by atoms with E-state index in [-0.39, 0.29) is 36.4 Å². The van der Waals surface area contributed by atoms with Crippen molar-refractivity contribution < 1.29 is 63.3 Å². The summed E-state index contributed by atoms with van der Waals surface area (Å²) in [7, 11) is 2.94. The highest BCUT2D eigenvalue weighted by molar-refractivity contribution is 6.39. The van der Waals surface area contributed by atoms with Crippen LogP contribution >= 0.6 is 0 Å². The van der Waals surface area contributed by atoms with E-state index in [1.165, 1.54) is 12.0 Å². The highest BCUT2D eigenvalue weighted by Gasteiger charge is 2.57. The van der Waals surface area contributed by atoms with Crippen LogP contribution in [0.3, 0.4) is 0 Å². The van der Waals surface area contributed by atoms with Gasteiger partial charge in [0.15, 0.2) is 5.78 Å². The maximum Gasteiger partial charge on any atom is 0.329 e. The number of fused-ring (bicyclic) bond motifs is 3. The fraction of sp³-hybridized carbons (Fsp3) is 0.735. The number of nitrogens with zero attached hydrogens (tertiary/aromatic N) is 1. The smallest absolute Gasteiger partial charge is 0.329 e. The van der Waals surface area contributed by atoms with Crippen molar-refractivity contribution in [3.8, 4) is 0 Å². The minimum atomic E-state index is -2.45. The maximum atomic E-state index is 14.4. The van der Waals surface area contributed by atoms with Crippen molar-refractivity contribution in [2.24, 2.45) is 41.4 Å². The molecule has 14 nitrogen and oxygen atoms in total. The molecule has 5 aliphatic rings. The van der Waals surface area contributed by atoms with Gasteiger partial charge >= 0.3 is 5.97 Å². The number of methoxy groups -OCH3 is 2. The number of amides is 1. The fourth-order valence-corrected chi connectivity index (χ4v) is 10.7. The minimum absolute atomic E-state index is 0.0173. The third-order valence-electron chi connectivity index (χ3n) is 14.6. The summed E-state index contributed by atoms with van der Waals surface area (Å²) >= 11 is 0. The van der Waals surface area contributed by atoms with Gasteiger partial charge in [-0.1, -0.05) is 64.2 Å². The second kappa shape index (κ2) is 22.2. The van der Waals surface area contributed by atoms with E-state index in [0.29, 0.717) is 69.8 Å². The van der Waals surface area contributed by atoms with Gasteiger partial charge in [-0.15, -0.1) is 0 Å². The predicted molar refractivity (Wildman–Crippen MR) is 234 cm³/mol. The number of ether oxygens (including phenoxy) is 4. The fourth-order valence-electron chi connectivity index (χ4n) is 10.7. The van der Waals surface area contributed by atoms with Crippen molar-refractivity contribution in [2.75, 3.05) is 20.8 Å². The van der Waals surface area contributed by atoms with E-state index in [1.807, 2.05) is 51.2 Å². The molecule has 0 aromatic heterocycles. The lowest BCUT2D eigenvalue weighted by Crippen LogP contribution is -2.65. The lowest BCUT2D eigenvalue weighted by atomic mass is 9.68. The molecular formula is C49H73NO13. The lowest BCUT2D eigenvalue weighted by Gasteiger charge is -2.50. The highest BCUT2D eigenvalue weighted by Crippen LogP contribution is 2.45. The molecule has 63 heavy (non-hydrogen) atoms. The van der Waals surface area contributed by atoms with Crippen LogP contribution in [-0.2, 0) is 42.9 Å². The first-order chi connectivity index (χ1) is 29.8. The molecule has 4 N–H and O–H groups in total. The molecule has 14 heteroatoms.